The molecule has 264 valence electrons. The van der Waals surface area contributed by atoms with Gasteiger partial charge in [-0.05, 0) is 74.7 Å². The maximum atomic E-state index is 14.9. The van der Waals surface area contributed by atoms with Crippen LogP contribution >= 0.6 is 0 Å². The molecule has 3 aromatic rings. The Hall–Kier alpha value is -5.14. The Morgan fingerprint density at radius 1 is 0.860 bits per heavy atom. The number of ketones is 1. The van der Waals surface area contributed by atoms with Gasteiger partial charge in [-0.25, -0.2) is 13.6 Å². The minimum Gasteiger partial charge on any atom is -0.490 e. The first-order chi connectivity index (χ1) is 23.8. The average Bonchev–Trinajstić information content (AvgIpc) is 3.72. The van der Waals surface area contributed by atoms with Gasteiger partial charge < -0.3 is 34.9 Å². The zero-order chi connectivity index (χ0) is 36.0. The molecule has 13 heteroatoms. The number of benzene rings is 3. The van der Waals surface area contributed by atoms with Gasteiger partial charge in [0.2, 0.25) is 0 Å². The van der Waals surface area contributed by atoms with E-state index in [1.165, 1.54) is 29.2 Å². The summed E-state index contributed by atoms with van der Waals surface area (Å²) in [6.45, 7) is 5.20. The third kappa shape index (κ3) is 8.71. The quantitative estimate of drug-likeness (QED) is 0.189. The van der Waals surface area contributed by atoms with E-state index in [4.69, 9.17) is 19.3 Å². The molecule has 3 amide bonds. The Kier molecular flexibility index (Phi) is 11.3. The molecule has 50 heavy (non-hydrogen) atoms. The number of hydrogen-bond donors (Lipinski definition) is 3. The molecular weight excluding hydrogens is 652 g/mol. The second kappa shape index (κ2) is 15.6. The zero-order valence-electron chi connectivity index (χ0n) is 28.0. The molecule has 0 spiro atoms. The van der Waals surface area contributed by atoms with Gasteiger partial charge >= 0.3 is 6.09 Å². The molecular formula is C37H39F2N3O8. The third-order valence-electron chi connectivity index (χ3n) is 8.06. The van der Waals surface area contributed by atoms with Crippen LogP contribution in [0.2, 0.25) is 0 Å². The maximum absolute atomic E-state index is 14.9. The Morgan fingerprint density at radius 2 is 1.50 bits per heavy atom. The first-order valence-corrected chi connectivity index (χ1v) is 16.2. The maximum Gasteiger partial charge on any atom is 0.410 e. The van der Waals surface area contributed by atoms with Gasteiger partial charge in [0.25, 0.3) is 11.8 Å². The number of carbonyl (C=O) groups excluding carboxylic acids is 4. The van der Waals surface area contributed by atoms with Crippen LogP contribution in [0.25, 0.3) is 6.08 Å². The van der Waals surface area contributed by atoms with E-state index >= 15 is 0 Å². The molecule has 5 rings (SSSR count). The minimum absolute atomic E-state index is 0.0286. The molecule has 0 unspecified atom stereocenters. The largest absolute Gasteiger partial charge is 0.490 e. The first-order valence-electron chi connectivity index (χ1n) is 16.2. The predicted molar refractivity (Wildman–Crippen MR) is 179 cm³/mol. The van der Waals surface area contributed by atoms with Gasteiger partial charge in [0.05, 0.1) is 31.9 Å². The van der Waals surface area contributed by atoms with E-state index in [1.54, 1.807) is 26.8 Å². The lowest BCUT2D eigenvalue weighted by Gasteiger charge is -2.24. The van der Waals surface area contributed by atoms with E-state index in [2.05, 4.69) is 10.6 Å². The lowest BCUT2D eigenvalue weighted by Crippen LogP contribution is -2.51. The summed E-state index contributed by atoms with van der Waals surface area (Å²) in [6.07, 6.45) is 4.14. The molecule has 1 heterocycles. The number of aliphatic hydroxyl groups is 1. The van der Waals surface area contributed by atoms with Gasteiger partial charge in [-0.15, -0.1) is 0 Å². The van der Waals surface area contributed by atoms with Crippen LogP contribution in [-0.4, -0.2) is 90.9 Å². The number of fused-ring (bicyclic) bond motifs is 1. The monoisotopic (exact) mass is 691 g/mol. The fourth-order valence-corrected chi connectivity index (χ4v) is 5.63. The number of hydrogen-bond acceptors (Lipinski definition) is 8. The highest BCUT2D eigenvalue weighted by atomic mass is 19.2. The lowest BCUT2D eigenvalue weighted by molar-refractivity contribution is 0.0286. The summed E-state index contributed by atoms with van der Waals surface area (Å²) in [7, 11) is 0. The van der Waals surface area contributed by atoms with E-state index in [9.17, 15) is 28.0 Å². The van der Waals surface area contributed by atoms with Gasteiger partial charge in [0, 0.05) is 29.8 Å². The van der Waals surface area contributed by atoms with Crippen LogP contribution in [0.1, 0.15) is 68.5 Å². The van der Waals surface area contributed by atoms with Crippen LogP contribution in [0.3, 0.4) is 0 Å². The van der Waals surface area contributed by atoms with E-state index in [-0.39, 0.29) is 62.3 Å². The number of rotatable bonds is 12. The van der Waals surface area contributed by atoms with Crippen molar-refractivity contribution in [2.24, 2.45) is 0 Å². The van der Waals surface area contributed by atoms with Crippen LogP contribution in [0.15, 0.2) is 60.7 Å². The fourth-order valence-electron chi connectivity index (χ4n) is 5.63. The summed E-state index contributed by atoms with van der Waals surface area (Å²) in [5.41, 5.74) is 1.27. The second-order valence-corrected chi connectivity index (χ2v) is 12.9. The fraction of sp³-hybridized carbons (Fsp3) is 0.351. The van der Waals surface area contributed by atoms with Gasteiger partial charge in [-0.2, -0.15) is 0 Å². The van der Waals surface area contributed by atoms with Gasteiger partial charge in [0.1, 0.15) is 23.5 Å². The van der Waals surface area contributed by atoms with Gasteiger partial charge in [-0.3, -0.25) is 14.4 Å². The highest BCUT2D eigenvalue weighted by Crippen LogP contribution is 2.27. The molecule has 0 radical (unpaired) electrons. The lowest BCUT2D eigenvalue weighted by atomic mass is 10.00. The predicted octanol–water partition coefficient (Wildman–Crippen LogP) is 4.30. The van der Waals surface area contributed by atoms with Crippen molar-refractivity contribution in [1.82, 2.24) is 15.5 Å². The number of halogens is 2. The van der Waals surface area contributed by atoms with E-state index in [0.29, 0.717) is 5.56 Å². The highest BCUT2D eigenvalue weighted by molar-refractivity contribution is 6.11. The number of nitrogens with one attached hydrogen (secondary N) is 2. The van der Waals surface area contributed by atoms with Crippen molar-refractivity contribution in [3.8, 4) is 5.75 Å². The number of aliphatic hydroxyl groups excluding tert-OH is 1. The topological polar surface area (TPSA) is 144 Å². The van der Waals surface area contributed by atoms with Crippen LogP contribution in [0.4, 0.5) is 13.6 Å². The smallest absolute Gasteiger partial charge is 0.410 e. The molecule has 11 nitrogen and oxygen atoms in total. The summed E-state index contributed by atoms with van der Waals surface area (Å²) in [4.78, 5) is 54.4. The molecule has 1 aliphatic carbocycles. The van der Waals surface area contributed by atoms with Crippen LogP contribution < -0.4 is 15.4 Å². The van der Waals surface area contributed by atoms with Gasteiger partial charge in [-0.1, -0.05) is 30.4 Å². The Labute approximate surface area is 288 Å². The molecule has 0 saturated carbocycles. The average molecular weight is 692 g/mol. The number of allylic oxidation sites excluding steroid dienone is 1. The third-order valence-corrected chi connectivity index (χ3v) is 8.06. The molecule has 1 saturated heterocycles. The van der Waals surface area contributed by atoms with E-state index in [0.717, 1.165) is 29.7 Å². The summed E-state index contributed by atoms with van der Waals surface area (Å²) in [6, 6.07) is 11.4. The number of likely N-dealkylation sites (tertiary alicyclic amines) is 1. The highest BCUT2D eigenvalue weighted by Gasteiger charge is 2.39. The molecule has 1 aliphatic heterocycles. The number of ether oxygens (including phenoxy) is 3. The van der Waals surface area contributed by atoms with Crippen molar-refractivity contribution < 1.29 is 47.3 Å². The van der Waals surface area contributed by atoms with Crippen molar-refractivity contribution in [1.29, 1.82) is 0 Å². The normalized spacial score (nSPS) is 16.6. The summed E-state index contributed by atoms with van der Waals surface area (Å²) >= 11 is 0. The minimum atomic E-state index is -1.38. The molecule has 2 atom stereocenters. The number of amides is 3. The van der Waals surface area contributed by atoms with Crippen LogP contribution in [-0.2, 0) is 15.9 Å². The second-order valence-electron chi connectivity index (χ2n) is 12.9. The number of nitrogens with zero attached hydrogens (tertiary/aromatic N) is 1. The molecule has 3 aromatic carbocycles. The Bertz CT molecular complexity index is 1790. The number of carbonyl (C=O) groups is 4. The molecule has 1 fully saturated rings. The van der Waals surface area contributed by atoms with Crippen molar-refractivity contribution in [3.63, 3.8) is 0 Å². The molecule has 0 bridgehead atoms. The molecule has 3 N–H and O–H groups in total. The Balaban J connectivity index is 1.29. The summed E-state index contributed by atoms with van der Waals surface area (Å²) in [5.74, 6) is -4.58. The van der Waals surface area contributed by atoms with Crippen LogP contribution in [0.5, 0.6) is 5.75 Å². The van der Waals surface area contributed by atoms with Crippen molar-refractivity contribution in [3.05, 3.63) is 106 Å². The van der Waals surface area contributed by atoms with Crippen molar-refractivity contribution >= 4 is 29.8 Å². The van der Waals surface area contributed by atoms with E-state index < -0.39 is 52.7 Å². The zero-order valence-corrected chi connectivity index (χ0v) is 28.0. The summed E-state index contributed by atoms with van der Waals surface area (Å²) < 4.78 is 45.1. The van der Waals surface area contributed by atoms with Gasteiger partial charge in [0.15, 0.2) is 17.4 Å². The molecule has 2 aliphatic rings. The van der Waals surface area contributed by atoms with Crippen molar-refractivity contribution in [2.75, 3.05) is 39.5 Å². The molecule has 0 aromatic heterocycles. The van der Waals surface area contributed by atoms with Crippen LogP contribution in [0, 0.1) is 11.6 Å². The first kappa shape index (κ1) is 36.1. The van der Waals surface area contributed by atoms with E-state index in [1.807, 2.05) is 24.3 Å². The standard InChI is InChI=1S/C37H39F2N3O8/c1-37(2,3)50-36(47)42-20-28(29(21-42)41-35(46)26-12-7-22-5-4-6-25(22)19-26)40-34(45)24-10-8-23(9-11-24)33(44)31-30(14-13-27(38)32(31)39)49-18-17-48-16-15-43/h4-5,7-14,19,28-29,43H,6,15-18,20-21H2,1-3H3,(H,40,45)(H,41,46)/t28-,29-/m1/s1. The Morgan fingerprint density at radius 3 is 2.16 bits per heavy atom. The summed E-state index contributed by atoms with van der Waals surface area (Å²) in [5, 5.41) is 14.7. The SMILES string of the molecule is CC(C)(C)OC(=O)N1C[C@@H](NC(=O)c2ccc(C(=O)c3c(OCCOCCO)ccc(F)c3F)cc2)[C@H](NC(=O)c2ccc3c(c2)CC=C3)C1. The van der Waals surface area contributed by atoms with Crippen molar-refractivity contribution in [2.45, 2.75) is 44.9 Å².